The number of likely N-dealkylation sites (N-methyl/N-ethyl adjacent to an activating group) is 1. The Morgan fingerprint density at radius 1 is 0.821 bits per heavy atom. The SMILES string of the molecule is CCCCCCCCCc1ccc(-c2ccc(C(=O)NCCC(=O)N[C@@H](CCCCN)C(=O)N(C)[C@@H]3C(=O)N[C@@H](C)C(=O)N[C@H](C(=O)O)Cc4ccc(O)c(c4)-c4cc3ccc4O)nc2)cc1. The average molecular weight is 920 g/mol. The van der Waals surface area contributed by atoms with Crippen molar-refractivity contribution < 1.29 is 44.1 Å². The monoisotopic (exact) mass is 919 g/mol. The number of carboxylic acids is 1. The molecule has 16 nitrogen and oxygen atoms in total. The summed E-state index contributed by atoms with van der Waals surface area (Å²) in [5.74, 6) is -5.16. The highest BCUT2D eigenvalue weighted by Gasteiger charge is 2.36. The van der Waals surface area contributed by atoms with Gasteiger partial charge in [-0.1, -0.05) is 87.9 Å². The van der Waals surface area contributed by atoms with Crippen molar-refractivity contribution in [2.75, 3.05) is 20.1 Å². The Balaban J connectivity index is 1.25. The number of nitrogens with zero attached hydrogens (tertiary/aromatic N) is 2. The molecule has 1 aliphatic rings. The Labute approximate surface area is 392 Å². The van der Waals surface area contributed by atoms with Crippen LogP contribution in [0.1, 0.15) is 118 Å². The summed E-state index contributed by atoms with van der Waals surface area (Å²) in [7, 11) is 1.36. The largest absolute Gasteiger partial charge is 0.507 e. The average Bonchev–Trinajstić information content (AvgIpc) is 3.31. The number of nitrogens with one attached hydrogen (secondary N) is 4. The van der Waals surface area contributed by atoms with E-state index in [2.05, 4.69) is 57.4 Å². The summed E-state index contributed by atoms with van der Waals surface area (Å²) in [6.07, 6.45) is 12.3. The second-order valence-electron chi connectivity index (χ2n) is 17.2. The number of aryl methyl sites for hydroxylation is 1. The van der Waals surface area contributed by atoms with E-state index in [1.807, 2.05) is 6.07 Å². The number of fused-ring (bicyclic) bond motifs is 5. The first kappa shape index (κ1) is 51.2. The molecular weight excluding hydrogens is 855 g/mol. The Morgan fingerprint density at radius 3 is 2.16 bits per heavy atom. The number of pyridine rings is 1. The molecule has 4 bridgehead atoms. The summed E-state index contributed by atoms with van der Waals surface area (Å²) >= 11 is 0. The van der Waals surface area contributed by atoms with Gasteiger partial charge < -0.3 is 47.2 Å². The molecule has 3 aromatic carbocycles. The normalized spacial score (nSPS) is 16.4. The van der Waals surface area contributed by atoms with Gasteiger partial charge in [-0.15, -0.1) is 0 Å². The fourth-order valence-electron chi connectivity index (χ4n) is 8.13. The quantitative estimate of drug-likeness (QED) is 0.0472. The van der Waals surface area contributed by atoms with Gasteiger partial charge in [-0.05, 0) is 98.2 Å². The number of aliphatic carboxylic acids is 1. The van der Waals surface area contributed by atoms with Crippen molar-refractivity contribution in [3.63, 3.8) is 0 Å². The predicted molar refractivity (Wildman–Crippen MR) is 255 cm³/mol. The smallest absolute Gasteiger partial charge is 0.326 e. The fourth-order valence-corrected chi connectivity index (χ4v) is 8.13. The molecule has 1 aliphatic heterocycles. The van der Waals surface area contributed by atoms with E-state index in [4.69, 9.17) is 5.73 Å². The number of aromatic hydroxyl groups is 2. The lowest BCUT2D eigenvalue weighted by atomic mass is 9.93. The van der Waals surface area contributed by atoms with Crippen LogP contribution in [0.5, 0.6) is 11.5 Å². The van der Waals surface area contributed by atoms with Gasteiger partial charge in [0, 0.05) is 49.3 Å². The van der Waals surface area contributed by atoms with E-state index in [0.29, 0.717) is 24.9 Å². The number of aromatic nitrogens is 1. The van der Waals surface area contributed by atoms with Crippen LogP contribution in [0.15, 0.2) is 79.0 Å². The first-order valence-corrected chi connectivity index (χ1v) is 23.3. The topological polar surface area (TPSA) is 253 Å². The third kappa shape index (κ3) is 14.6. The van der Waals surface area contributed by atoms with E-state index < -0.39 is 59.7 Å². The molecule has 0 fully saturated rings. The molecule has 0 aliphatic carbocycles. The maximum atomic E-state index is 14.4. The van der Waals surface area contributed by atoms with Gasteiger partial charge in [0.2, 0.25) is 23.6 Å². The summed E-state index contributed by atoms with van der Waals surface area (Å²) in [5.41, 5.74) is 9.90. The number of rotatable bonds is 21. The minimum Gasteiger partial charge on any atom is -0.507 e. The number of carbonyl (C=O) groups excluding carboxylic acids is 5. The van der Waals surface area contributed by atoms with Crippen molar-refractivity contribution >= 4 is 35.5 Å². The highest BCUT2D eigenvalue weighted by molar-refractivity contribution is 5.96. The number of unbranched alkanes of at least 4 members (excludes halogenated alkanes) is 7. The van der Waals surface area contributed by atoms with Gasteiger partial charge in [-0.3, -0.25) is 29.0 Å². The zero-order chi connectivity index (χ0) is 48.5. The van der Waals surface area contributed by atoms with Crippen molar-refractivity contribution in [2.45, 2.75) is 121 Å². The van der Waals surface area contributed by atoms with Crippen LogP contribution in [-0.2, 0) is 36.8 Å². The van der Waals surface area contributed by atoms with E-state index in [1.54, 1.807) is 12.3 Å². The first-order valence-electron chi connectivity index (χ1n) is 23.3. The van der Waals surface area contributed by atoms with Crippen molar-refractivity contribution in [3.8, 4) is 33.8 Å². The molecule has 0 saturated heterocycles. The highest BCUT2D eigenvalue weighted by Crippen LogP contribution is 2.39. The van der Waals surface area contributed by atoms with Crippen LogP contribution in [0.25, 0.3) is 22.3 Å². The van der Waals surface area contributed by atoms with Crippen molar-refractivity contribution in [3.05, 3.63) is 101 Å². The van der Waals surface area contributed by atoms with Crippen LogP contribution in [0, 0.1) is 0 Å². The lowest BCUT2D eigenvalue weighted by Gasteiger charge is -2.32. The Morgan fingerprint density at radius 2 is 1.49 bits per heavy atom. The summed E-state index contributed by atoms with van der Waals surface area (Å²) in [5, 5.41) is 42.3. The molecule has 0 saturated carbocycles. The molecule has 0 spiro atoms. The van der Waals surface area contributed by atoms with Gasteiger partial charge in [0.05, 0.1) is 0 Å². The van der Waals surface area contributed by atoms with Gasteiger partial charge in [-0.2, -0.15) is 0 Å². The summed E-state index contributed by atoms with van der Waals surface area (Å²) in [6, 6.07) is 15.0. The third-order valence-electron chi connectivity index (χ3n) is 12.0. The van der Waals surface area contributed by atoms with Crippen LogP contribution in [0.2, 0.25) is 0 Å². The fraction of sp³-hybridized carbons (Fsp3) is 0.431. The maximum absolute atomic E-state index is 14.4. The van der Waals surface area contributed by atoms with E-state index in [1.165, 1.54) is 101 Å². The molecule has 0 unspecified atom stereocenters. The molecule has 67 heavy (non-hydrogen) atoms. The number of hydrogen-bond donors (Lipinski definition) is 8. The molecule has 9 N–H and O–H groups in total. The van der Waals surface area contributed by atoms with E-state index >= 15 is 0 Å². The Kier molecular flexibility index (Phi) is 19.2. The Hall–Kier alpha value is -6.81. The molecule has 4 aromatic rings. The van der Waals surface area contributed by atoms with Crippen LogP contribution < -0.4 is 27.0 Å². The van der Waals surface area contributed by atoms with Gasteiger partial charge in [0.25, 0.3) is 5.91 Å². The number of carbonyl (C=O) groups is 6. The number of nitrogens with two attached hydrogens (primary N) is 1. The van der Waals surface area contributed by atoms with Crippen molar-refractivity contribution in [1.29, 1.82) is 0 Å². The summed E-state index contributed by atoms with van der Waals surface area (Å²) in [6.45, 7) is 3.86. The zero-order valence-corrected chi connectivity index (χ0v) is 38.7. The predicted octanol–water partition coefficient (Wildman–Crippen LogP) is 5.68. The van der Waals surface area contributed by atoms with Crippen LogP contribution >= 0.6 is 0 Å². The van der Waals surface area contributed by atoms with Crippen LogP contribution in [0.4, 0.5) is 0 Å². The minimum absolute atomic E-state index is 0.0636. The number of phenolic OH excluding ortho intramolecular Hbond substituents is 2. The highest BCUT2D eigenvalue weighted by atomic mass is 16.4. The lowest BCUT2D eigenvalue weighted by molar-refractivity contribution is -0.144. The van der Waals surface area contributed by atoms with Gasteiger partial charge in [0.15, 0.2) is 0 Å². The third-order valence-corrected chi connectivity index (χ3v) is 12.0. The standard InChI is InChI=1S/C51H65N7O9/c1-4-5-6-7-8-9-10-13-33-15-18-35(19-16-33)37-20-22-40(54-31-37)48(63)53-27-25-45(61)56-41(14-11-12-26-52)50(65)58(3)46-36-21-24-44(60)39(30-36)38-28-34(17-23-43(38)59)29-42(51(66)67)57-47(62)32(2)55-49(46)64/h15-24,28,30-32,41-42,46,59-60H,4-14,25-27,29,52H2,1-3H3,(H,53,63)(H,55,64)(H,56,61)(H,57,62)(H,66,67)/t32-,41-,42-,46-/m0/s1. The second-order valence-corrected chi connectivity index (χ2v) is 17.2. The molecule has 0 radical (unpaired) electrons. The molecule has 16 heteroatoms. The molecule has 5 rings (SSSR count). The maximum Gasteiger partial charge on any atom is 0.326 e. The van der Waals surface area contributed by atoms with Crippen molar-refractivity contribution in [1.82, 2.24) is 31.2 Å². The first-order chi connectivity index (χ1) is 32.2. The Bertz CT molecular complexity index is 2340. The molecular formula is C51H65N7O9. The zero-order valence-electron chi connectivity index (χ0n) is 38.7. The van der Waals surface area contributed by atoms with Gasteiger partial charge in [-0.25, -0.2) is 4.79 Å². The molecule has 1 aromatic heterocycles. The number of benzene rings is 3. The molecule has 358 valence electrons. The second kappa shape index (κ2) is 25.2. The molecule has 4 atom stereocenters. The number of carboxylic acid groups (broad SMARTS) is 1. The van der Waals surface area contributed by atoms with E-state index in [0.717, 1.165) is 22.4 Å². The summed E-state index contributed by atoms with van der Waals surface area (Å²) < 4.78 is 0. The number of amides is 5. The number of phenols is 2. The lowest BCUT2D eigenvalue weighted by Crippen LogP contribution is -2.54. The molecule has 5 amide bonds. The minimum atomic E-state index is -1.45. The molecule has 2 heterocycles. The summed E-state index contributed by atoms with van der Waals surface area (Å²) in [4.78, 5) is 85.9. The van der Waals surface area contributed by atoms with Crippen LogP contribution in [-0.4, -0.2) is 99.0 Å². The van der Waals surface area contributed by atoms with Gasteiger partial charge in [0.1, 0.15) is 41.4 Å². The number of hydrogen-bond acceptors (Lipinski definition) is 10. The van der Waals surface area contributed by atoms with Crippen molar-refractivity contribution in [2.24, 2.45) is 5.73 Å². The van der Waals surface area contributed by atoms with E-state index in [9.17, 15) is 44.1 Å². The van der Waals surface area contributed by atoms with E-state index in [-0.39, 0.29) is 59.7 Å². The van der Waals surface area contributed by atoms with Gasteiger partial charge >= 0.3 is 5.97 Å². The van der Waals surface area contributed by atoms with Crippen LogP contribution in [0.3, 0.4) is 0 Å².